The summed E-state index contributed by atoms with van der Waals surface area (Å²) in [6.07, 6.45) is 1.66. The first kappa shape index (κ1) is 12.5. The van der Waals surface area contributed by atoms with Crippen LogP contribution in [-0.4, -0.2) is 34.1 Å². The predicted octanol–water partition coefficient (Wildman–Crippen LogP) is 1.42. The van der Waals surface area contributed by atoms with Gasteiger partial charge in [-0.2, -0.15) is 5.10 Å². The summed E-state index contributed by atoms with van der Waals surface area (Å²) in [5.74, 6) is -0.122. The maximum Gasteiger partial charge on any atom is 0.276 e. The molecule has 1 unspecified atom stereocenters. The molecule has 1 heterocycles. The normalized spacial score (nSPS) is 12.5. The molecule has 0 aromatic carbocycles. The zero-order valence-corrected chi connectivity index (χ0v) is 10.4. The highest BCUT2D eigenvalue weighted by Crippen LogP contribution is 2.17. The number of anilines is 1. The van der Waals surface area contributed by atoms with E-state index in [0.717, 1.165) is 18.5 Å². The lowest BCUT2D eigenvalue weighted by Gasteiger charge is -2.22. The Labute approximate surface area is 96.0 Å². The number of aromatic nitrogens is 2. The summed E-state index contributed by atoms with van der Waals surface area (Å²) in [4.78, 5) is 13.7. The van der Waals surface area contributed by atoms with E-state index in [1.165, 1.54) is 0 Å². The molecule has 3 N–H and O–H groups in total. The number of carbonyl (C=O) groups is 1. The van der Waals surface area contributed by atoms with E-state index in [4.69, 9.17) is 5.73 Å². The summed E-state index contributed by atoms with van der Waals surface area (Å²) in [7, 11) is 1.77. The predicted molar refractivity (Wildman–Crippen MR) is 64.2 cm³/mol. The second-order valence-electron chi connectivity index (χ2n) is 3.99. The number of nitrogens with zero attached hydrogens (tertiary/aromatic N) is 2. The van der Waals surface area contributed by atoms with E-state index in [9.17, 15) is 4.79 Å². The summed E-state index contributed by atoms with van der Waals surface area (Å²) in [5, 5.41) is 6.78. The number of nitrogen functional groups attached to an aromatic ring is 1. The quantitative estimate of drug-likeness (QED) is 0.812. The van der Waals surface area contributed by atoms with Crippen LogP contribution in [0, 0.1) is 0 Å². The molecule has 5 heteroatoms. The topological polar surface area (TPSA) is 75.0 Å². The molecule has 1 atom stereocenters. The Morgan fingerprint density at radius 1 is 1.56 bits per heavy atom. The average Bonchev–Trinajstić information content (AvgIpc) is 2.67. The number of rotatable bonds is 4. The van der Waals surface area contributed by atoms with E-state index in [1.54, 1.807) is 11.9 Å². The van der Waals surface area contributed by atoms with Crippen molar-refractivity contribution < 1.29 is 4.79 Å². The van der Waals surface area contributed by atoms with Crippen LogP contribution in [0.3, 0.4) is 0 Å². The van der Waals surface area contributed by atoms with Crippen LogP contribution >= 0.6 is 0 Å². The number of carbonyl (C=O) groups excluding carboxylic acids is 1. The van der Waals surface area contributed by atoms with Crippen LogP contribution in [0.1, 0.15) is 43.4 Å². The zero-order chi connectivity index (χ0) is 12.3. The third kappa shape index (κ3) is 2.18. The highest BCUT2D eigenvalue weighted by atomic mass is 16.2. The Morgan fingerprint density at radius 3 is 2.62 bits per heavy atom. The molecular formula is C11H20N4O. The first-order chi connectivity index (χ1) is 7.52. The van der Waals surface area contributed by atoms with Crippen molar-refractivity contribution in [1.29, 1.82) is 0 Å². The van der Waals surface area contributed by atoms with E-state index in [-0.39, 0.29) is 11.9 Å². The standard InChI is InChI=1S/C11H20N4O/c1-5-7(3)15(4)11(16)10-9(12)8(6-2)13-14-10/h7H,5-6,12H2,1-4H3,(H,13,14). The van der Waals surface area contributed by atoms with Gasteiger partial charge in [0.05, 0.1) is 11.4 Å². The van der Waals surface area contributed by atoms with Crippen molar-refractivity contribution in [3.8, 4) is 0 Å². The zero-order valence-electron chi connectivity index (χ0n) is 10.4. The molecule has 16 heavy (non-hydrogen) atoms. The molecule has 0 bridgehead atoms. The van der Waals surface area contributed by atoms with Gasteiger partial charge in [-0.3, -0.25) is 9.89 Å². The Bertz CT molecular complexity index is 372. The number of hydrogen-bond acceptors (Lipinski definition) is 3. The van der Waals surface area contributed by atoms with Crippen molar-refractivity contribution in [2.75, 3.05) is 12.8 Å². The minimum absolute atomic E-state index is 0.122. The van der Waals surface area contributed by atoms with Gasteiger partial charge in [0.2, 0.25) is 0 Å². The Hall–Kier alpha value is -1.52. The second kappa shape index (κ2) is 5.01. The third-order valence-corrected chi connectivity index (χ3v) is 3.01. The molecule has 0 saturated carbocycles. The smallest absolute Gasteiger partial charge is 0.276 e. The van der Waals surface area contributed by atoms with Crippen molar-refractivity contribution >= 4 is 11.6 Å². The molecule has 0 radical (unpaired) electrons. The van der Waals surface area contributed by atoms with Crippen molar-refractivity contribution in [2.45, 2.75) is 39.7 Å². The first-order valence-corrected chi connectivity index (χ1v) is 5.62. The van der Waals surface area contributed by atoms with Crippen LogP contribution in [0.4, 0.5) is 5.69 Å². The third-order valence-electron chi connectivity index (χ3n) is 3.01. The van der Waals surface area contributed by atoms with Gasteiger partial charge in [0.15, 0.2) is 5.69 Å². The maximum atomic E-state index is 12.1. The summed E-state index contributed by atoms with van der Waals surface area (Å²) in [6, 6.07) is 0.189. The number of nitrogens with two attached hydrogens (primary N) is 1. The van der Waals surface area contributed by atoms with Gasteiger partial charge in [-0.1, -0.05) is 13.8 Å². The molecule has 0 aliphatic rings. The molecular weight excluding hydrogens is 204 g/mol. The lowest BCUT2D eigenvalue weighted by atomic mass is 10.2. The molecule has 0 aliphatic heterocycles. The second-order valence-corrected chi connectivity index (χ2v) is 3.99. The van der Waals surface area contributed by atoms with Gasteiger partial charge in [0, 0.05) is 13.1 Å². The molecule has 0 aliphatic carbocycles. The molecule has 0 spiro atoms. The summed E-state index contributed by atoms with van der Waals surface area (Å²) in [5.41, 5.74) is 7.48. The fourth-order valence-electron chi connectivity index (χ4n) is 1.46. The molecule has 0 fully saturated rings. The largest absolute Gasteiger partial charge is 0.395 e. The van der Waals surface area contributed by atoms with Gasteiger partial charge in [-0.05, 0) is 19.8 Å². The van der Waals surface area contributed by atoms with Crippen molar-refractivity contribution in [3.63, 3.8) is 0 Å². The maximum absolute atomic E-state index is 12.1. The number of nitrogens with one attached hydrogen (secondary N) is 1. The monoisotopic (exact) mass is 224 g/mol. The van der Waals surface area contributed by atoms with Crippen LogP contribution in [-0.2, 0) is 6.42 Å². The molecule has 1 amide bonds. The van der Waals surface area contributed by atoms with Crippen LogP contribution in [0.5, 0.6) is 0 Å². The van der Waals surface area contributed by atoms with Crippen molar-refractivity contribution in [2.24, 2.45) is 0 Å². The number of hydrogen-bond donors (Lipinski definition) is 2. The molecule has 0 saturated heterocycles. The van der Waals surface area contributed by atoms with Gasteiger partial charge in [-0.25, -0.2) is 0 Å². The van der Waals surface area contributed by atoms with E-state index >= 15 is 0 Å². The summed E-state index contributed by atoms with van der Waals surface area (Å²) in [6.45, 7) is 6.01. The van der Waals surface area contributed by atoms with Crippen LogP contribution in [0.25, 0.3) is 0 Å². The molecule has 1 rings (SSSR count). The van der Waals surface area contributed by atoms with Gasteiger partial charge < -0.3 is 10.6 Å². The summed E-state index contributed by atoms with van der Waals surface area (Å²) < 4.78 is 0. The minimum Gasteiger partial charge on any atom is -0.395 e. The van der Waals surface area contributed by atoms with Crippen LogP contribution in [0.15, 0.2) is 0 Å². The number of H-pyrrole nitrogens is 1. The van der Waals surface area contributed by atoms with E-state index in [1.807, 2.05) is 20.8 Å². The Kier molecular flexibility index (Phi) is 3.93. The van der Waals surface area contributed by atoms with Crippen LogP contribution < -0.4 is 5.73 Å². The Balaban J connectivity index is 2.92. The van der Waals surface area contributed by atoms with Gasteiger partial charge in [0.25, 0.3) is 5.91 Å². The fourth-order valence-corrected chi connectivity index (χ4v) is 1.46. The van der Waals surface area contributed by atoms with Crippen molar-refractivity contribution in [3.05, 3.63) is 11.4 Å². The average molecular weight is 224 g/mol. The Morgan fingerprint density at radius 2 is 2.19 bits per heavy atom. The molecule has 90 valence electrons. The van der Waals surface area contributed by atoms with E-state index < -0.39 is 0 Å². The lowest BCUT2D eigenvalue weighted by Crippen LogP contribution is -2.35. The van der Waals surface area contributed by atoms with E-state index in [2.05, 4.69) is 10.2 Å². The number of amides is 1. The minimum atomic E-state index is -0.122. The fraction of sp³-hybridized carbons (Fsp3) is 0.636. The molecule has 1 aromatic rings. The molecule has 1 aromatic heterocycles. The SMILES string of the molecule is CCc1[nH]nc(C(=O)N(C)C(C)CC)c1N. The van der Waals surface area contributed by atoms with Gasteiger partial charge in [0.1, 0.15) is 0 Å². The van der Waals surface area contributed by atoms with Gasteiger partial charge >= 0.3 is 0 Å². The first-order valence-electron chi connectivity index (χ1n) is 5.62. The lowest BCUT2D eigenvalue weighted by molar-refractivity contribution is 0.0735. The van der Waals surface area contributed by atoms with Crippen molar-refractivity contribution in [1.82, 2.24) is 15.1 Å². The highest BCUT2D eigenvalue weighted by molar-refractivity contribution is 5.97. The van der Waals surface area contributed by atoms with Crippen LogP contribution in [0.2, 0.25) is 0 Å². The highest BCUT2D eigenvalue weighted by Gasteiger charge is 2.22. The summed E-state index contributed by atoms with van der Waals surface area (Å²) >= 11 is 0. The molecule has 5 nitrogen and oxygen atoms in total. The number of aryl methyl sites for hydroxylation is 1. The number of aromatic amines is 1. The van der Waals surface area contributed by atoms with Gasteiger partial charge in [-0.15, -0.1) is 0 Å². The van der Waals surface area contributed by atoms with E-state index in [0.29, 0.717) is 11.4 Å².